The fourth-order valence-corrected chi connectivity index (χ4v) is 5.83. The average Bonchev–Trinajstić information content (AvgIpc) is 3.51. The van der Waals surface area contributed by atoms with Gasteiger partial charge in [-0.2, -0.15) is 0 Å². The predicted octanol–water partition coefficient (Wildman–Crippen LogP) is 3.68. The number of hydrogen-bond donors (Lipinski definition) is 0. The molecule has 0 N–H and O–H groups in total. The van der Waals surface area contributed by atoms with Gasteiger partial charge in [0.2, 0.25) is 0 Å². The minimum absolute atomic E-state index is 0.229. The highest BCUT2D eigenvalue weighted by Gasteiger charge is 2.48. The molecule has 0 bridgehead atoms. The minimum Gasteiger partial charge on any atom is -0.457 e. The third-order valence-corrected chi connectivity index (χ3v) is 8.14. The van der Waals surface area contributed by atoms with E-state index in [9.17, 15) is 14.4 Å². The number of carbonyl (C=O) groups excluding carboxylic acids is 3. The fraction of sp³-hybridized carbons (Fsp3) is 0.444. The van der Waals surface area contributed by atoms with Crippen molar-refractivity contribution in [3.05, 3.63) is 63.2 Å². The Morgan fingerprint density at radius 3 is 2.17 bits per heavy atom. The molecule has 0 radical (unpaired) electrons. The molecular formula is C27H28N2O6. The van der Waals surface area contributed by atoms with Crippen LogP contribution in [0.5, 0.6) is 0 Å². The van der Waals surface area contributed by atoms with Crippen LogP contribution in [0.2, 0.25) is 0 Å². The molecule has 4 heterocycles. The Morgan fingerprint density at radius 2 is 1.49 bits per heavy atom. The number of ether oxygens (including phenoxy) is 3. The highest BCUT2D eigenvalue weighted by molar-refractivity contribution is 5.97. The lowest BCUT2D eigenvalue weighted by atomic mass is 9.90. The molecule has 1 spiro atoms. The van der Waals surface area contributed by atoms with E-state index in [1.807, 2.05) is 25.1 Å². The maximum Gasteiger partial charge on any atom is 0.415 e. The number of likely N-dealkylation sites (tertiary alicyclic amines) is 1. The predicted molar refractivity (Wildman–Crippen MR) is 127 cm³/mol. The fourth-order valence-electron chi connectivity index (χ4n) is 5.83. The van der Waals surface area contributed by atoms with Gasteiger partial charge in [0, 0.05) is 43.6 Å². The first-order valence-electron chi connectivity index (χ1n) is 12.2. The van der Waals surface area contributed by atoms with E-state index in [2.05, 4.69) is 11.8 Å². The number of benzene rings is 2. The summed E-state index contributed by atoms with van der Waals surface area (Å²) in [5.74, 6) is -0.535. The summed E-state index contributed by atoms with van der Waals surface area (Å²) in [7, 11) is 0. The van der Waals surface area contributed by atoms with Gasteiger partial charge in [0.15, 0.2) is 0 Å². The number of nitrogens with zero attached hydrogens (tertiary/aromatic N) is 2. The number of cyclic esters (lactones) is 2. The molecule has 8 nitrogen and oxygen atoms in total. The molecule has 0 unspecified atom stereocenters. The van der Waals surface area contributed by atoms with Crippen LogP contribution in [-0.2, 0) is 33.8 Å². The van der Waals surface area contributed by atoms with E-state index in [4.69, 9.17) is 14.2 Å². The number of hydrogen-bond acceptors (Lipinski definition) is 7. The molecule has 0 atom stereocenters. The molecule has 4 aliphatic heterocycles. The highest BCUT2D eigenvalue weighted by Crippen LogP contribution is 2.39. The van der Waals surface area contributed by atoms with Crippen LogP contribution in [0.4, 0.5) is 10.5 Å². The standard InChI is InChI=1S/C27H28N2O6/c1-16-18(3-4-19-21(16)13-33-24(19)30)7-10-28-11-8-27(9-12-28)15-29(26(32)35-27)23-6-5-20-22(17(23)2)14-34-25(20)31/h3-6H,7-15H2,1-2H3. The minimum atomic E-state index is -0.480. The van der Waals surface area contributed by atoms with E-state index in [1.54, 1.807) is 11.0 Å². The zero-order chi connectivity index (χ0) is 24.3. The highest BCUT2D eigenvalue weighted by atomic mass is 16.6. The molecule has 2 fully saturated rings. The van der Waals surface area contributed by atoms with Gasteiger partial charge in [0.25, 0.3) is 0 Å². The Kier molecular flexibility index (Phi) is 5.11. The van der Waals surface area contributed by atoms with E-state index >= 15 is 0 Å². The number of fused-ring (bicyclic) bond motifs is 2. The SMILES string of the molecule is Cc1c(CCN2CCC3(CC2)CN(c2ccc4c(c2C)COC4=O)C(=O)O3)ccc2c1COC2=O. The summed E-state index contributed by atoms with van der Waals surface area (Å²) in [5, 5.41) is 0. The van der Waals surface area contributed by atoms with E-state index in [1.165, 1.54) is 5.56 Å². The second-order valence-electron chi connectivity index (χ2n) is 9.99. The zero-order valence-electron chi connectivity index (χ0n) is 20.0. The molecule has 0 saturated carbocycles. The smallest absolute Gasteiger partial charge is 0.415 e. The molecular weight excluding hydrogens is 448 g/mol. The summed E-state index contributed by atoms with van der Waals surface area (Å²) in [4.78, 5) is 40.6. The van der Waals surface area contributed by atoms with Crippen molar-refractivity contribution in [1.29, 1.82) is 0 Å². The van der Waals surface area contributed by atoms with Crippen LogP contribution >= 0.6 is 0 Å². The Hall–Kier alpha value is -3.39. The van der Waals surface area contributed by atoms with Gasteiger partial charge in [0.05, 0.1) is 23.4 Å². The van der Waals surface area contributed by atoms with Crippen molar-refractivity contribution in [2.75, 3.05) is 31.1 Å². The number of carbonyl (C=O) groups is 3. The summed E-state index contributed by atoms with van der Waals surface area (Å²) in [6.07, 6.45) is 2.15. The van der Waals surface area contributed by atoms with Gasteiger partial charge in [-0.15, -0.1) is 0 Å². The van der Waals surface area contributed by atoms with Crippen LogP contribution in [-0.4, -0.2) is 54.7 Å². The van der Waals surface area contributed by atoms with Gasteiger partial charge in [-0.3, -0.25) is 4.90 Å². The van der Waals surface area contributed by atoms with Crippen LogP contribution in [0.3, 0.4) is 0 Å². The number of rotatable bonds is 4. The Morgan fingerprint density at radius 1 is 0.857 bits per heavy atom. The summed E-state index contributed by atoms with van der Waals surface area (Å²) in [5.41, 5.74) is 6.75. The zero-order valence-corrected chi connectivity index (χ0v) is 20.0. The summed E-state index contributed by atoms with van der Waals surface area (Å²) in [6.45, 7) is 7.78. The van der Waals surface area contributed by atoms with Crippen LogP contribution in [0, 0.1) is 13.8 Å². The third-order valence-electron chi connectivity index (χ3n) is 8.14. The second kappa shape index (κ2) is 8.09. The van der Waals surface area contributed by atoms with E-state index in [0.717, 1.165) is 66.8 Å². The van der Waals surface area contributed by atoms with Crippen LogP contribution < -0.4 is 4.90 Å². The normalized spacial score (nSPS) is 20.6. The lowest BCUT2D eigenvalue weighted by Crippen LogP contribution is -2.47. The van der Waals surface area contributed by atoms with E-state index in [-0.39, 0.29) is 24.6 Å². The van der Waals surface area contributed by atoms with Crippen molar-refractivity contribution in [2.24, 2.45) is 0 Å². The Balaban J connectivity index is 1.09. The van der Waals surface area contributed by atoms with Gasteiger partial charge in [-0.25, -0.2) is 14.4 Å². The number of anilines is 1. The summed E-state index contributed by atoms with van der Waals surface area (Å²) >= 11 is 0. The second-order valence-corrected chi connectivity index (χ2v) is 9.99. The monoisotopic (exact) mass is 476 g/mol. The molecule has 0 aliphatic carbocycles. The first-order valence-corrected chi connectivity index (χ1v) is 12.2. The molecule has 35 heavy (non-hydrogen) atoms. The Bertz CT molecular complexity index is 1260. The topological polar surface area (TPSA) is 85.4 Å². The molecule has 0 aromatic heterocycles. The molecule has 4 aliphatic rings. The van der Waals surface area contributed by atoms with Crippen molar-refractivity contribution in [1.82, 2.24) is 4.90 Å². The maximum atomic E-state index is 12.9. The van der Waals surface area contributed by atoms with Gasteiger partial charge < -0.3 is 19.1 Å². The molecule has 182 valence electrons. The maximum absolute atomic E-state index is 12.9. The molecule has 8 heteroatoms. The molecule has 2 aromatic carbocycles. The lowest BCUT2D eigenvalue weighted by Gasteiger charge is -2.37. The number of amides is 1. The van der Waals surface area contributed by atoms with Gasteiger partial charge >= 0.3 is 18.0 Å². The first-order chi connectivity index (χ1) is 16.8. The van der Waals surface area contributed by atoms with Crippen molar-refractivity contribution >= 4 is 23.7 Å². The van der Waals surface area contributed by atoms with Gasteiger partial charge in [0.1, 0.15) is 18.8 Å². The number of piperidine rings is 1. The molecule has 6 rings (SSSR count). The van der Waals surface area contributed by atoms with Crippen LogP contribution in [0.25, 0.3) is 0 Å². The quantitative estimate of drug-likeness (QED) is 0.492. The van der Waals surface area contributed by atoms with Crippen molar-refractivity contribution in [3.63, 3.8) is 0 Å². The molecule has 2 saturated heterocycles. The van der Waals surface area contributed by atoms with Crippen molar-refractivity contribution in [3.8, 4) is 0 Å². The van der Waals surface area contributed by atoms with Gasteiger partial charge in [-0.05, 0) is 55.2 Å². The number of esters is 2. The van der Waals surface area contributed by atoms with Gasteiger partial charge in [-0.1, -0.05) is 6.07 Å². The van der Waals surface area contributed by atoms with E-state index in [0.29, 0.717) is 24.3 Å². The summed E-state index contributed by atoms with van der Waals surface area (Å²) in [6, 6.07) is 7.50. The third kappa shape index (κ3) is 3.58. The van der Waals surface area contributed by atoms with E-state index < -0.39 is 5.60 Å². The van der Waals surface area contributed by atoms with Crippen molar-refractivity contribution in [2.45, 2.75) is 51.9 Å². The average molecular weight is 477 g/mol. The largest absolute Gasteiger partial charge is 0.457 e. The Labute approximate surface area is 203 Å². The molecule has 2 aromatic rings. The van der Waals surface area contributed by atoms with Crippen molar-refractivity contribution < 1.29 is 28.6 Å². The van der Waals surface area contributed by atoms with Crippen LogP contribution in [0.1, 0.15) is 61.4 Å². The summed E-state index contributed by atoms with van der Waals surface area (Å²) < 4.78 is 16.3. The first kappa shape index (κ1) is 22.1. The lowest BCUT2D eigenvalue weighted by molar-refractivity contribution is 0.00124. The van der Waals surface area contributed by atoms with Crippen LogP contribution in [0.15, 0.2) is 24.3 Å². The molecule has 1 amide bonds.